The van der Waals surface area contributed by atoms with Crippen molar-refractivity contribution in [2.24, 2.45) is 0 Å². The molecule has 0 aliphatic carbocycles. The second-order valence-electron chi connectivity index (χ2n) is 5.57. The minimum Gasteiger partial charge on any atom is -0.497 e. The van der Waals surface area contributed by atoms with E-state index in [1.54, 1.807) is 67.8 Å². The van der Waals surface area contributed by atoms with Gasteiger partial charge in [-0.25, -0.2) is 0 Å². The van der Waals surface area contributed by atoms with Crippen LogP contribution < -0.4 is 9.47 Å². The van der Waals surface area contributed by atoms with Crippen LogP contribution in [-0.2, 0) is 6.61 Å². The van der Waals surface area contributed by atoms with Crippen LogP contribution >= 0.6 is 23.2 Å². The molecule has 6 heteroatoms. The average Bonchev–Trinajstić information content (AvgIpc) is 3.15. The Labute approximate surface area is 166 Å². The molecule has 0 radical (unpaired) electrons. The maximum Gasteiger partial charge on any atom is 0.185 e. The number of ketones is 1. The first-order valence-corrected chi connectivity index (χ1v) is 8.84. The van der Waals surface area contributed by atoms with E-state index in [1.165, 1.54) is 6.08 Å². The van der Waals surface area contributed by atoms with Crippen molar-refractivity contribution in [3.63, 3.8) is 0 Å². The van der Waals surface area contributed by atoms with E-state index in [1.807, 2.05) is 0 Å². The van der Waals surface area contributed by atoms with Crippen LogP contribution in [-0.4, -0.2) is 12.9 Å². The Morgan fingerprint density at radius 2 is 1.85 bits per heavy atom. The van der Waals surface area contributed by atoms with Gasteiger partial charge in [-0.15, -0.1) is 0 Å². The summed E-state index contributed by atoms with van der Waals surface area (Å²) in [6.07, 6.45) is 3.07. The molecule has 0 saturated carbocycles. The normalized spacial score (nSPS) is 10.9. The lowest BCUT2D eigenvalue weighted by Crippen LogP contribution is -1.94. The van der Waals surface area contributed by atoms with Crippen molar-refractivity contribution < 1.29 is 18.7 Å². The summed E-state index contributed by atoms with van der Waals surface area (Å²) >= 11 is 12.0. The molecule has 0 aliphatic heterocycles. The molecule has 0 N–H and O–H groups in total. The van der Waals surface area contributed by atoms with E-state index < -0.39 is 0 Å². The fourth-order valence-corrected chi connectivity index (χ4v) is 2.66. The minimum atomic E-state index is -0.127. The molecule has 27 heavy (non-hydrogen) atoms. The van der Waals surface area contributed by atoms with Crippen LogP contribution in [0, 0.1) is 0 Å². The SMILES string of the molecule is COc1ccc(C(=O)/C=C/c2ccc(COc3cccc(Cl)c3Cl)o2)cc1. The zero-order valence-corrected chi connectivity index (χ0v) is 16.0. The number of carbonyl (C=O) groups is 1. The Kier molecular flexibility index (Phi) is 6.22. The number of allylic oxidation sites excluding steroid dienone is 1. The molecule has 0 fully saturated rings. The van der Waals surface area contributed by atoms with Gasteiger partial charge in [0, 0.05) is 5.56 Å². The zero-order chi connectivity index (χ0) is 19.2. The molecule has 0 unspecified atom stereocenters. The van der Waals surface area contributed by atoms with E-state index in [0.29, 0.717) is 38.6 Å². The van der Waals surface area contributed by atoms with E-state index in [4.69, 9.17) is 37.1 Å². The maximum atomic E-state index is 12.2. The number of benzene rings is 2. The molecule has 0 amide bonds. The molecular weight excluding hydrogens is 387 g/mol. The Morgan fingerprint density at radius 1 is 1.07 bits per heavy atom. The third-order valence-corrected chi connectivity index (χ3v) is 4.54. The molecule has 138 valence electrons. The van der Waals surface area contributed by atoms with Crippen LogP contribution in [0.2, 0.25) is 10.0 Å². The number of hydrogen-bond donors (Lipinski definition) is 0. The maximum absolute atomic E-state index is 12.2. The highest BCUT2D eigenvalue weighted by molar-refractivity contribution is 6.42. The summed E-state index contributed by atoms with van der Waals surface area (Å²) in [4.78, 5) is 12.2. The van der Waals surface area contributed by atoms with Crippen molar-refractivity contribution in [2.75, 3.05) is 7.11 Å². The van der Waals surface area contributed by atoms with E-state index in [9.17, 15) is 4.79 Å². The largest absolute Gasteiger partial charge is 0.497 e. The van der Waals surface area contributed by atoms with Gasteiger partial charge in [0.25, 0.3) is 0 Å². The van der Waals surface area contributed by atoms with Crippen molar-refractivity contribution in [3.05, 3.63) is 87.8 Å². The molecule has 2 aromatic carbocycles. The first kappa shape index (κ1) is 19.1. The second kappa shape index (κ2) is 8.80. The quantitative estimate of drug-likeness (QED) is 0.355. The topological polar surface area (TPSA) is 48.7 Å². The van der Waals surface area contributed by atoms with Crippen molar-refractivity contribution in [1.82, 2.24) is 0 Å². The van der Waals surface area contributed by atoms with E-state index >= 15 is 0 Å². The molecule has 0 bridgehead atoms. The van der Waals surface area contributed by atoms with Gasteiger partial charge in [-0.3, -0.25) is 4.79 Å². The number of methoxy groups -OCH3 is 1. The van der Waals surface area contributed by atoms with Crippen LogP contribution in [0.1, 0.15) is 21.9 Å². The Morgan fingerprint density at radius 3 is 2.59 bits per heavy atom. The molecule has 0 spiro atoms. The van der Waals surface area contributed by atoms with E-state index in [-0.39, 0.29) is 12.4 Å². The van der Waals surface area contributed by atoms with Gasteiger partial charge >= 0.3 is 0 Å². The zero-order valence-electron chi connectivity index (χ0n) is 14.4. The summed E-state index contributed by atoms with van der Waals surface area (Å²) in [5, 5.41) is 0.783. The Hall–Kier alpha value is -2.69. The van der Waals surface area contributed by atoms with Crippen LogP contribution in [0.25, 0.3) is 6.08 Å². The molecule has 0 aliphatic rings. The van der Waals surface area contributed by atoms with Gasteiger partial charge in [0.1, 0.15) is 34.6 Å². The molecule has 1 heterocycles. The number of furan rings is 1. The smallest absolute Gasteiger partial charge is 0.185 e. The summed E-state index contributed by atoms with van der Waals surface area (Å²) in [6, 6.07) is 15.6. The van der Waals surface area contributed by atoms with Gasteiger partial charge in [-0.2, -0.15) is 0 Å². The minimum absolute atomic E-state index is 0.127. The highest BCUT2D eigenvalue weighted by Gasteiger charge is 2.08. The van der Waals surface area contributed by atoms with Crippen LogP contribution in [0.15, 0.2) is 65.1 Å². The van der Waals surface area contributed by atoms with Gasteiger partial charge < -0.3 is 13.9 Å². The van der Waals surface area contributed by atoms with E-state index in [0.717, 1.165) is 0 Å². The van der Waals surface area contributed by atoms with Crippen molar-refractivity contribution in [1.29, 1.82) is 0 Å². The number of ether oxygens (including phenoxy) is 2. The molecule has 3 rings (SSSR count). The summed E-state index contributed by atoms with van der Waals surface area (Å²) in [7, 11) is 1.58. The van der Waals surface area contributed by atoms with Gasteiger partial charge in [-0.1, -0.05) is 29.3 Å². The van der Waals surface area contributed by atoms with Gasteiger partial charge in [0.05, 0.1) is 12.1 Å². The van der Waals surface area contributed by atoms with Crippen LogP contribution in [0.4, 0.5) is 0 Å². The highest BCUT2D eigenvalue weighted by atomic mass is 35.5. The van der Waals surface area contributed by atoms with Crippen molar-refractivity contribution >= 4 is 35.1 Å². The first-order chi connectivity index (χ1) is 13.1. The number of halogens is 2. The standard InChI is InChI=1S/C21H16Cl2O4/c1-25-15-7-5-14(6-8-15)19(24)12-11-16-9-10-17(27-16)13-26-20-4-2-3-18(22)21(20)23/h2-12H,13H2,1H3/b12-11+. The molecule has 1 aromatic heterocycles. The number of hydrogen-bond acceptors (Lipinski definition) is 4. The predicted octanol–water partition coefficient (Wildman–Crippen LogP) is 6.07. The fourth-order valence-electron chi connectivity index (χ4n) is 2.32. The molecular formula is C21H16Cl2O4. The lowest BCUT2D eigenvalue weighted by Gasteiger charge is -2.06. The third kappa shape index (κ3) is 4.94. The molecule has 3 aromatic rings. The summed E-state index contributed by atoms with van der Waals surface area (Å²) < 4.78 is 16.3. The summed E-state index contributed by atoms with van der Waals surface area (Å²) in [5.74, 6) is 2.20. The molecule has 0 atom stereocenters. The fraction of sp³-hybridized carbons (Fsp3) is 0.0952. The predicted molar refractivity (Wildman–Crippen MR) is 106 cm³/mol. The Bertz CT molecular complexity index is 959. The summed E-state index contributed by atoms with van der Waals surface area (Å²) in [5.41, 5.74) is 0.567. The lowest BCUT2D eigenvalue weighted by molar-refractivity contribution is 0.104. The van der Waals surface area contributed by atoms with Crippen molar-refractivity contribution in [3.8, 4) is 11.5 Å². The van der Waals surface area contributed by atoms with Gasteiger partial charge in [-0.05, 0) is 60.7 Å². The third-order valence-electron chi connectivity index (χ3n) is 3.74. The van der Waals surface area contributed by atoms with Crippen LogP contribution in [0.3, 0.4) is 0 Å². The highest BCUT2D eigenvalue weighted by Crippen LogP contribution is 2.32. The van der Waals surface area contributed by atoms with Crippen LogP contribution in [0.5, 0.6) is 11.5 Å². The number of rotatable bonds is 7. The van der Waals surface area contributed by atoms with Gasteiger partial charge in [0.15, 0.2) is 5.78 Å². The lowest BCUT2D eigenvalue weighted by atomic mass is 10.1. The monoisotopic (exact) mass is 402 g/mol. The second-order valence-corrected chi connectivity index (χ2v) is 6.36. The average molecular weight is 403 g/mol. The van der Waals surface area contributed by atoms with Crippen molar-refractivity contribution in [2.45, 2.75) is 6.61 Å². The van der Waals surface area contributed by atoms with Gasteiger partial charge in [0.2, 0.25) is 0 Å². The summed E-state index contributed by atoms with van der Waals surface area (Å²) in [6.45, 7) is 0.195. The molecule has 0 saturated heterocycles. The first-order valence-electron chi connectivity index (χ1n) is 8.09. The van der Waals surface area contributed by atoms with E-state index in [2.05, 4.69) is 0 Å². The Balaban J connectivity index is 1.60. The molecule has 4 nitrogen and oxygen atoms in total. The number of carbonyl (C=O) groups excluding carboxylic acids is 1.